The summed E-state index contributed by atoms with van der Waals surface area (Å²) in [5.41, 5.74) is -3.59. The third-order valence-corrected chi connectivity index (χ3v) is 4.33. The molecule has 0 heterocycles. The predicted octanol–water partition coefficient (Wildman–Crippen LogP) is 5.06. The molecule has 1 aromatic carbocycles. The van der Waals surface area contributed by atoms with E-state index in [1.165, 1.54) is 19.1 Å². The molecular formula is C11H9BrClF3OS. The molecule has 100 valence electrons. The lowest BCUT2D eigenvalue weighted by molar-refractivity contribution is -0.116. The summed E-state index contributed by atoms with van der Waals surface area (Å²) in [6.07, 6.45) is 0. The van der Waals surface area contributed by atoms with Crippen LogP contribution in [0, 0.1) is 0 Å². The second-order valence-corrected chi connectivity index (χ2v) is 5.77. The number of ketones is 1. The first-order valence-corrected chi connectivity index (χ1v) is 7.11. The second-order valence-electron chi connectivity index (χ2n) is 3.48. The van der Waals surface area contributed by atoms with Gasteiger partial charge in [-0.15, -0.1) is 11.6 Å². The number of carbonyl (C=O) groups excluding carboxylic acids is 1. The lowest BCUT2D eigenvalue weighted by atomic mass is 10.0. The zero-order chi connectivity index (χ0) is 13.9. The molecule has 0 fully saturated rings. The average molecular weight is 362 g/mol. The predicted molar refractivity (Wildman–Crippen MR) is 70.3 cm³/mol. The van der Waals surface area contributed by atoms with Crippen molar-refractivity contribution in [2.24, 2.45) is 0 Å². The first-order chi connectivity index (χ1) is 8.26. The third-order valence-electron chi connectivity index (χ3n) is 2.14. The van der Waals surface area contributed by atoms with E-state index in [1.807, 2.05) is 0 Å². The summed E-state index contributed by atoms with van der Waals surface area (Å²) in [6.45, 7) is 1.31. The van der Waals surface area contributed by atoms with Crippen LogP contribution in [0.1, 0.15) is 22.9 Å². The van der Waals surface area contributed by atoms with Gasteiger partial charge in [0.2, 0.25) is 0 Å². The molecule has 0 spiro atoms. The summed E-state index contributed by atoms with van der Waals surface area (Å²) in [5.74, 6) is -0.214. The van der Waals surface area contributed by atoms with Crippen LogP contribution >= 0.6 is 39.3 Å². The summed E-state index contributed by atoms with van der Waals surface area (Å²) >= 11 is 8.57. The van der Waals surface area contributed by atoms with Gasteiger partial charge in [-0.05, 0) is 35.9 Å². The maximum absolute atomic E-state index is 12.5. The van der Waals surface area contributed by atoms with Gasteiger partial charge in [0.15, 0.2) is 0 Å². The Morgan fingerprint density at radius 2 is 2.11 bits per heavy atom. The molecule has 0 N–H and O–H groups in total. The normalized spacial score (nSPS) is 13.4. The number of carbonyl (C=O) groups is 1. The van der Waals surface area contributed by atoms with Crippen molar-refractivity contribution >= 4 is 45.1 Å². The van der Waals surface area contributed by atoms with Gasteiger partial charge in [-0.3, -0.25) is 4.79 Å². The zero-order valence-electron chi connectivity index (χ0n) is 9.22. The van der Waals surface area contributed by atoms with Crippen molar-refractivity contribution < 1.29 is 18.0 Å². The van der Waals surface area contributed by atoms with Crippen LogP contribution in [0.15, 0.2) is 23.1 Å². The largest absolute Gasteiger partial charge is 0.446 e. The maximum atomic E-state index is 12.5. The molecule has 1 nitrogen and oxygen atoms in total. The van der Waals surface area contributed by atoms with E-state index in [0.717, 1.165) is 0 Å². The SMILES string of the molecule is CC(=O)C(Br)c1c(CCl)cccc1SC(F)(F)F. The highest BCUT2D eigenvalue weighted by Crippen LogP contribution is 2.43. The molecule has 0 aromatic heterocycles. The fraction of sp³-hybridized carbons (Fsp3) is 0.364. The van der Waals surface area contributed by atoms with Crippen LogP contribution in [0.5, 0.6) is 0 Å². The number of thioether (sulfide) groups is 1. The topological polar surface area (TPSA) is 17.1 Å². The number of rotatable bonds is 4. The molecule has 0 amide bonds. The number of alkyl halides is 5. The van der Waals surface area contributed by atoms with E-state index in [2.05, 4.69) is 15.9 Å². The van der Waals surface area contributed by atoms with Gasteiger partial charge in [0.1, 0.15) is 5.78 Å². The Hall–Kier alpha value is -0.200. The number of halogens is 5. The van der Waals surface area contributed by atoms with E-state index < -0.39 is 10.3 Å². The van der Waals surface area contributed by atoms with Gasteiger partial charge >= 0.3 is 5.51 Å². The molecule has 0 aliphatic rings. The molecule has 0 bridgehead atoms. The smallest absolute Gasteiger partial charge is 0.298 e. The summed E-state index contributed by atoms with van der Waals surface area (Å²) in [7, 11) is 0. The van der Waals surface area contributed by atoms with E-state index in [0.29, 0.717) is 11.1 Å². The van der Waals surface area contributed by atoms with Crippen molar-refractivity contribution in [2.75, 3.05) is 0 Å². The average Bonchev–Trinajstić information content (AvgIpc) is 2.25. The molecule has 0 aliphatic carbocycles. The molecule has 0 radical (unpaired) electrons. The van der Waals surface area contributed by atoms with Crippen LogP contribution in [-0.2, 0) is 10.7 Å². The molecule has 0 saturated heterocycles. The van der Waals surface area contributed by atoms with E-state index in [4.69, 9.17) is 11.6 Å². The Morgan fingerprint density at radius 3 is 2.56 bits per heavy atom. The van der Waals surface area contributed by atoms with Crippen LogP contribution in [0.3, 0.4) is 0 Å². The molecule has 0 aliphatic heterocycles. The molecule has 0 saturated carbocycles. The Kier molecular flexibility index (Phi) is 5.55. The van der Waals surface area contributed by atoms with E-state index in [-0.39, 0.29) is 28.3 Å². The molecule has 18 heavy (non-hydrogen) atoms. The van der Waals surface area contributed by atoms with Gasteiger partial charge < -0.3 is 0 Å². The van der Waals surface area contributed by atoms with Crippen molar-refractivity contribution in [3.63, 3.8) is 0 Å². The van der Waals surface area contributed by atoms with Crippen LogP contribution in [-0.4, -0.2) is 11.3 Å². The molecular weight excluding hydrogens is 353 g/mol. The van der Waals surface area contributed by atoms with Crippen molar-refractivity contribution in [1.29, 1.82) is 0 Å². The van der Waals surface area contributed by atoms with E-state index >= 15 is 0 Å². The fourth-order valence-electron chi connectivity index (χ4n) is 1.41. The van der Waals surface area contributed by atoms with Crippen LogP contribution in [0.25, 0.3) is 0 Å². The lowest BCUT2D eigenvalue weighted by Gasteiger charge is -2.17. The highest BCUT2D eigenvalue weighted by atomic mass is 79.9. The Balaban J connectivity index is 3.29. The van der Waals surface area contributed by atoms with Crippen molar-refractivity contribution in [2.45, 2.75) is 28.0 Å². The summed E-state index contributed by atoms with van der Waals surface area (Å²) in [6, 6.07) is 4.44. The van der Waals surface area contributed by atoms with Gasteiger partial charge in [0.05, 0.1) is 4.83 Å². The number of hydrogen-bond donors (Lipinski definition) is 0. The van der Waals surface area contributed by atoms with E-state index in [1.54, 1.807) is 6.07 Å². The standard InChI is InChI=1S/C11H9BrClF3OS/c1-6(17)10(12)9-7(5-13)3-2-4-8(9)18-11(14,15)16/h2-4,10H,5H2,1H3. The Labute approximate surface area is 120 Å². The summed E-state index contributed by atoms with van der Waals surface area (Å²) in [4.78, 5) is 10.6. The fourth-order valence-corrected chi connectivity index (χ4v) is 3.09. The maximum Gasteiger partial charge on any atom is 0.446 e. The second kappa shape index (κ2) is 6.30. The molecule has 1 aromatic rings. The van der Waals surface area contributed by atoms with Crippen molar-refractivity contribution in [3.05, 3.63) is 29.3 Å². The van der Waals surface area contributed by atoms with Gasteiger partial charge in [0, 0.05) is 10.8 Å². The van der Waals surface area contributed by atoms with Crippen molar-refractivity contribution in [3.8, 4) is 0 Å². The summed E-state index contributed by atoms with van der Waals surface area (Å²) < 4.78 is 37.4. The first kappa shape index (κ1) is 15.9. The van der Waals surface area contributed by atoms with Crippen molar-refractivity contribution in [1.82, 2.24) is 0 Å². The molecule has 1 rings (SSSR count). The summed E-state index contributed by atoms with van der Waals surface area (Å²) in [5, 5.41) is 0. The van der Waals surface area contributed by atoms with Gasteiger partial charge in [-0.1, -0.05) is 28.1 Å². The molecule has 1 unspecified atom stereocenters. The number of hydrogen-bond acceptors (Lipinski definition) is 2. The quantitative estimate of drug-likeness (QED) is 0.550. The van der Waals surface area contributed by atoms with Gasteiger partial charge in [-0.25, -0.2) is 0 Å². The first-order valence-electron chi connectivity index (χ1n) is 4.84. The monoisotopic (exact) mass is 360 g/mol. The third kappa shape index (κ3) is 4.17. The van der Waals surface area contributed by atoms with Gasteiger partial charge in [-0.2, -0.15) is 13.2 Å². The van der Waals surface area contributed by atoms with Crippen LogP contribution in [0.4, 0.5) is 13.2 Å². The minimum atomic E-state index is -4.40. The minimum Gasteiger partial charge on any atom is -0.298 e. The molecule has 1 atom stereocenters. The Morgan fingerprint density at radius 1 is 1.50 bits per heavy atom. The minimum absolute atomic E-state index is 0.00211. The highest BCUT2D eigenvalue weighted by molar-refractivity contribution is 9.09. The van der Waals surface area contributed by atoms with E-state index in [9.17, 15) is 18.0 Å². The number of Topliss-reactive ketones (excluding diaryl/α,β-unsaturated/α-hetero) is 1. The van der Waals surface area contributed by atoms with Crippen LogP contribution in [0.2, 0.25) is 0 Å². The lowest BCUT2D eigenvalue weighted by Crippen LogP contribution is -2.08. The highest BCUT2D eigenvalue weighted by Gasteiger charge is 2.32. The number of benzene rings is 1. The zero-order valence-corrected chi connectivity index (χ0v) is 12.4. The van der Waals surface area contributed by atoms with Gasteiger partial charge in [0.25, 0.3) is 0 Å². The molecule has 7 heteroatoms. The van der Waals surface area contributed by atoms with Crippen LogP contribution < -0.4 is 0 Å². The Bertz CT molecular complexity index is 450.